The quantitative estimate of drug-likeness (QED) is 0.0412. The maximum absolute atomic E-state index is 14.1. The van der Waals surface area contributed by atoms with E-state index in [9.17, 15) is 16.8 Å². The summed E-state index contributed by atoms with van der Waals surface area (Å²) in [7, 11) is -9.02. The Morgan fingerprint density at radius 1 is 0.613 bits per heavy atom. The van der Waals surface area contributed by atoms with E-state index in [-0.39, 0.29) is 38.4 Å². The molecule has 0 aliphatic carbocycles. The van der Waals surface area contributed by atoms with Gasteiger partial charge in [0.1, 0.15) is 32.3 Å². The van der Waals surface area contributed by atoms with E-state index in [2.05, 4.69) is 14.4 Å². The molecule has 0 unspecified atom stereocenters. The van der Waals surface area contributed by atoms with Gasteiger partial charge in [0.25, 0.3) is 0 Å². The molecule has 62 heavy (non-hydrogen) atoms. The highest BCUT2D eigenvalue weighted by Gasteiger charge is 2.28. The van der Waals surface area contributed by atoms with Gasteiger partial charge < -0.3 is 13.4 Å². The number of H-pyrrole nitrogens is 1. The van der Waals surface area contributed by atoms with Crippen LogP contribution in [0.25, 0.3) is 71.5 Å². The number of aromatic amines is 1. The molecular formula is C45H31N5O9S3. The summed E-state index contributed by atoms with van der Waals surface area (Å²) >= 11 is 0.798. The lowest BCUT2D eigenvalue weighted by molar-refractivity contribution is -0.432. The van der Waals surface area contributed by atoms with Gasteiger partial charge in [0.05, 0.1) is 28.6 Å². The first-order chi connectivity index (χ1) is 30.0. The van der Waals surface area contributed by atoms with Gasteiger partial charge in [-0.3, -0.25) is 0 Å². The molecule has 17 heteroatoms. The zero-order valence-electron chi connectivity index (χ0n) is 32.5. The molecule has 0 saturated carbocycles. The van der Waals surface area contributed by atoms with Gasteiger partial charge in [0, 0.05) is 27.1 Å². The molecule has 0 fully saturated rings. The van der Waals surface area contributed by atoms with Gasteiger partial charge in [-0.05, 0) is 78.5 Å². The normalized spacial score (nSPS) is 12.2. The minimum Gasteiger partial charge on any atom is -0.378 e. The summed E-state index contributed by atoms with van der Waals surface area (Å²) in [5.74, 6) is -0.291. The van der Waals surface area contributed by atoms with Gasteiger partial charge in [-0.2, -0.15) is 16.8 Å². The lowest BCUT2D eigenvalue weighted by Crippen LogP contribution is -2.14. The summed E-state index contributed by atoms with van der Waals surface area (Å²) < 4.78 is 73.0. The fourth-order valence-electron chi connectivity index (χ4n) is 7.42. The molecule has 2 aromatic heterocycles. The van der Waals surface area contributed by atoms with Gasteiger partial charge >= 0.3 is 20.2 Å². The topological polar surface area (TPSA) is 185 Å². The summed E-state index contributed by atoms with van der Waals surface area (Å²) in [6.45, 7) is 3.67. The second kappa shape index (κ2) is 15.2. The SMILES string of the molecule is Cc1ccc(S(=O)(=O)Oc2cc(-n3nc4ccc5cc(SOOO)ccc5c4n3)c(OS(=O)(=O)c3ccc(C)cc3)cc2-c2nc3c4ccccc4c4ccccc4c3[nH]2)cc1. The van der Waals surface area contributed by atoms with E-state index in [1.807, 2.05) is 62.4 Å². The Labute approximate surface area is 357 Å². The van der Waals surface area contributed by atoms with E-state index in [1.165, 1.54) is 41.2 Å². The molecule has 0 radical (unpaired) electrons. The number of nitrogens with zero attached hydrogens (tertiary/aromatic N) is 4. The summed E-state index contributed by atoms with van der Waals surface area (Å²) in [5.41, 5.74) is 3.83. The Hall–Kier alpha value is -6.86. The maximum atomic E-state index is 14.1. The van der Waals surface area contributed by atoms with Crippen molar-refractivity contribution >= 4 is 86.7 Å². The molecule has 8 aromatic carbocycles. The number of hydrogen-bond donors (Lipinski definition) is 2. The van der Waals surface area contributed by atoms with Crippen molar-refractivity contribution < 1.29 is 39.8 Å². The van der Waals surface area contributed by atoms with Crippen LogP contribution in [0, 0.1) is 13.8 Å². The number of imidazole rings is 1. The van der Waals surface area contributed by atoms with E-state index in [0.717, 1.165) is 50.1 Å². The highest BCUT2D eigenvalue weighted by atomic mass is 32.2. The molecule has 0 aliphatic heterocycles. The van der Waals surface area contributed by atoms with Crippen LogP contribution in [0.5, 0.6) is 11.5 Å². The van der Waals surface area contributed by atoms with E-state index in [4.69, 9.17) is 28.8 Å². The summed E-state index contributed by atoms with van der Waals surface area (Å²) in [6, 6.07) is 39.5. The largest absolute Gasteiger partial charge is 0.378 e. The van der Waals surface area contributed by atoms with E-state index in [0.29, 0.717) is 32.3 Å². The zero-order valence-corrected chi connectivity index (χ0v) is 35.0. The maximum Gasteiger partial charge on any atom is 0.339 e. The average Bonchev–Trinajstić information content (AvgIpc) is 3.92. The second-order valence-corrected chi connectivity index (χ2v) is 18.3. The van der Waals surface area contributed by atoms with Crippen LogP contribution in [0.3, 0.4) is 0 Å². The van der Waals surface area contributed by atoms with Crippen LogP contribution < -0.4 is 8.37 Å². The predicted molar refractivity (Wildman–Crippen MR) is 235 cm³/mol. The van der Waals surface area contributed by atoms with Crippen molar-refractivity contribution in [1.82, 2.24) is 25.0 Å². The van der Waals surface area contributed by atoms with Crippen molar-refractivity contribution in [3.8, 4) is 28.6 Å². The standard InChI is InChI=1S/C45H31N5O9S3/c1-26-11-17-30(18-12-26)61(52,53)56-40-25-39(50-48-38-22-15-28-23-29(60-59-58-51)16-21-32(28)42(38)49-50)41(57-62(54,55)31-19-13-27(2)14-20-31)24-37(40)45-46-43-35-9-5-3-7-33(35)34-8-4-6-10-36(34)44(43)47-45/h3-25,51H,1-2H3,(H,46,47). The molecule has 0 atom stereocenters. The third-order valence-electron chi connectivity index (χ3n) is 10.4. The van der Waals surface area contributed by atoms with Crippen LogP contribution in [-0.4, -0.2) is 47.1 Å². The molecule has 10 aromatic rings. The number of fused-ring (bicyclic) bond motifs is 9. The number of nitrogens with one attached hydrogen (secondary N) is 1. The molecule has 0 spiro atoms. The van der Waals surface area contributed by atoms with Crippen LogP contribution in [0.1, 0.15) is 11.1 Å². The third-order valence-corrected chi connectivity index (χ3v) is 13.5. The second-order valence-electron chi connectivity index (χ2n) is 14.4. The van der Waals surface area contributed by atoms with Crippen molar-refractivity contribution in [1.29, 1.82) is 0 Å². The van der Waals surface area contributed by atoms with Crippen LogP contribution in [-0.2, 0) is 29.6 Å². The molecule has 2 N–H and O–H groups in total. The van der Waals surface area contributed by atoms with E-state index < -0.39 is 20.2 Å². The Bertz CT molecular complexity index is 3560. The van der Waals surface area contributed by atoms with Crippen molar-refractivity contribution in [2.75, 3.05) is 0 Å². The van der Waals surface area contributed by atoms with Gasteiger partial charge in [-0.1, -0.05) is 101 Å². The van der Waals surface area contributed by atoms with E-state index in [1.54, 1.807) is 54.6 Å². The van der Waals surface area contributed by atoms with Crippen LogP contribution in [0.15, 0.2) is 154 Å². The minimum atomic E-state index is -4.51. The molecule has 0 amide bonds. The Morgan fingerprint density at radius 2 is 1.23 bits per heavy atom. The third kappa shape index (κ3) is 7.05. The van der Waals surface area contributed by atoms with Crippen LogP contribution in [0.4, 0.5) is 0 Å². The first-order valence-corrected chi connectivity index (χ1v) is 22.5. The molecular weight excluding hydrogens is 851 g/mol. The number of hydrogen-bond acceptors (Lipinski definition) is 13. The van der Waals surface area contributed by atoms with Gasteiger partial charge in [-0.25, -0.2) is 10.2 Å². The molecule has 0 saturated heterocycles. The predicted octanol–water partition coefficient (Wildman–Crippen LogP) is 10.0. The van der Waals surface area contributed by atoms with E-state index >= 15 is 0 Å². The smallest absolute Gasteiger partial charge is 0.339 e. The molecule has 10 rings (SSSR count). The van der Waals surface area contributed by atoms with Crippen molar-refractivity contribution in [2.24, 2.45) is 0 Å². The summed E-state index contributed by atoms with van der Waals surface area (Å²) in [4.78, 5) is 10.0. The Balaban J connectivity index is 1.23. The summed E-state index contributed by atoms with van der Waals surface area (Å²) in [5, 5.41) is 26.9. The van der Waals surface area contributed by atoms with Gasteiger partial charge in [0.15, 0.2) is 11.5 Å². The molecule has 2 heterocycles. The van der Waals surface area contributed by atoms with Crippen molar-refractivity contribution in [3.63, 3.8) is 0 Å². The van der Waals surface area contributed by atoms with Crippen molar-refractivity contribution in [3.05, 3.63) is 151 Å². The number of aryl methyl sites for hydroxylation is 2. The first-order valence-electron chi connectivity index (χ1n) is 18.9. The highest BCUT2D eigenvalue weighted by Crippen LogP contribution is 2.42. The molecule has 308 valence electrons. The molecule has 0 aliphatic rings. The van der Waals surface area contributed by atoms with Crippen molar-refractivity contribution in [2.45, 2.75) is 28.5 Å². The van der Waals surface area contributed by atoms with Crippen LogP contribution in [0.2, 0.25) is 0 Å². The van der Waals surface area contributed by atoms with Crippen LogP contribution >= 0.6 is 12.0 Å². The molecule has 0 bridgehead atoms. The lowest BCUT2D eigenvalue weighted by Gasteiger charge is -2.16. The fourth-order valence-corrected chi connectivity index (χ4v) is 9.70. The fraction of sp³-hybridized carbons (Fsp3) is 0.0444. The van der Waals surface area contributed by atoms with Gasteiger partial charge in [0.2, 0.25) is 0 Å². The zero-order chi connectivity index (χ0) is 42.8. The average molecular weight is 882 g/mol. The highest BCUT2D eigenvalue weighted by molar-refractivity contribution is 7.94. The molecule has 14 nitrogen and oxygen atoms in total. The number of benzene rings is 8. The minimum absolute atomic E-state index is 0.0597. The summed E-state index contributed by atoms with van der Waals surface area (Å²) in [6.07, 6.45) is 0. The first kappa shape index (κ1) is 39.3. The van der Waals surface area contributed by atoms with Gasteiger partial charge in [-0.15, -0.1) is 19.3 Å². The Morgan fingerprint density at radius 3 is 1.89 bits per heavy atom. The number of aromatic nitrogens is 5. The lowest BCUT2D eigenvalue weighted by atomic mass is 10.0. The number of rotatable bonds is 11. The Kier molecular flexibility index (Phi) is 9.66. The monoisotopic (exact) mass is 881 g/mol.